The van der Waals surface area contributed by atoms with Gasteiger partial charge in [-0.1, -0.05) is 12.1 Å². The maximum Gasteiger partial charge on any atom is 0.244 e. The number of ketones is 1. The minimum absolute atomic E-state index is 0.0351. The van der Waals surface area contributed by atoms with Crippen LogP contribution in [-0.2, 0) is 4.79 Å². The number of nitrogens with one attached hydrogen (secondary N) is 1. The molecule has 2 aromatic carbocycles. The van der Waals surface area contributed by atoms with Crippen LogP contribution in [0.1, 0.15) is 17.3 Å². The SMILES string of the molecule is CC(=O)c1ccc(N2CC(=O)Nc3ccccc32)c(F)c1. The van der Waals surface area contributed by atoms with Crippen LogP contribution >= 0.6 is 0 Å². The second kappa shape index (κ2) is 5.01. The van der Waals surface area contributed by atoms with E-state index in [1.54, 1.807) is 23.1 Å². The Balaban J connectivity index is 2.09. The number of benzene rings is 2. The molecule has 21 heavy (non-hydrogen) atoms. The zero-order chi connectivity index (χ0) is 15.0. The second-order valence-electron chi connectivity index (χ2n) is 4.87. The van der Waals surface area contributed by atoms with Gasteiger partial charge in [0.05, 0.1) is 17.1 Å². The van der Waals surface area contributed by atoms with E-state index in [9.17, 15) is 14.0 Å². The number of rotatable bonds is 2. The molecule has 1 aliphatic rings. The van der Waals surface area contributed by atoms with Crippen LogP contribution in [-0.4, -0.2) is 18.2 Å². The molecule has 0 bridgehead atoms. The summed E-state index contributed by atoms with van der Waals surface area (Å²) in [6.45, 7) is 1.42. The van der Waals surface area contributed by atoms with Crippen molar-refractivity contribution in [1.82, 2.24) is 0 Å². The summed E-state index contributed by atoms with van der Waals surface area (Å²) in [5, 5.41) is 2.75. The Morgan fingerprint density at radius 3 is 2.67 bits per heavy atom. The lowest BCUT2D eigenvalue weighted by molar-refractivity contribution is -0.115. The molecule has 0 spiro atoms. The fraction of sp³-hybridized carbons (Fsp3) is 0.125. The first kappa shape index (κ1) is 13.3. The standard InChI is InChI=1S/C16H13FN2O2/c1-10(20)11-6-7-14(12(17)8-11)19-9-16(21)18-13-4-2-3-5-15(13)19/h2-8H,9H2,1H3,(H,18,21). The predicted octanol–water partition coefficient (Wildman–Crippen LogP) is 3.12. The van der Waals surface area contributed by atoms with Crippen LogP contribution in [0.5, 0.6) is 0 Å². The summed E-state index contributed by atoms with van der Waals surface area (Å²) in [6.07, 6.45) is 0. The number of nitrogens with zero attached hydrogens (tertiary/aromatic N) is 1. The highest BCUT2D eigenvalue weighted by atomic mass is 19.1. The lowest BCUT2D eigenvalue weighted by atomic mass is 10.1. The van der Waals surface area contributed by atoms with Crippen molar-refractivity contribution in [1.29, 1.82) is 0 Å². The Morgan fingerprint density at radius 1 is 1.19 bits per heavy atom. The van der Waals surface area contributed by atoms with Gasteiger partial charge in [-0.15, -0.1) is 0 Å². The summed E-state index contributed by atoms with van der Waals surface area (Å²) < 4.78 is 14.3. The molecule has 4 nitrogen and oxygen atoms in total. The number of hydrogen-bond donors (Lipinski definition) is 1. The first-order valence-corrected chi connectivity index (χ1v) is 6.53. The highest BCUT2D eigenvalue weighted by Gasteiger charge is 2.24. The van der Waals surface area contributed by atoms with Crippen molar-refractivity contribution in [2.45, 2.75) is 6.92 Å². The van der Waals surface area contributed by atoms with Gasteiger partial charge in [0.25, 0.3) is 0 Å². The van der Waals surface area contributed by atoms with Gasteiger partial charge in [-0.2, -0.15) is 0 Å². The van der Waals surface area contributed by atoms with Crippen LogP contribution in [0.2, 0.25) is 0 Å². The minimum Gasteiger partial charge on any atom is -0.328 e. The molecule has 2 aromatic rings. The fourth-order valence-corrected chi connectivity index (χ4v) is 2.39. The quantitative estimate of drug-likeness (QED) is 0.862. The smallest absolute Gasteiger partial charge is 0.244 e. The first-order valence-electron chi connectivity index (χ1n) is 6.53. The van der Waals surface area contributed by atoms with E-state index in [4.69, 9.17) is 0 Å². The molecule has 0 radical (unpaired) electrons. The number of anilines is 3. The monoisotopic (exact) mass is 284 g/mol. The molecule has 3 rings (SSSR count). The maximum absolute atomic E-state index is 14.3. The molecule has 0 saturated carbocycles. The molecule has 1 heterocycles. The van der Waals surface area contributed by atoms with Crippen LogP contribution in [0.4, 0.5) is 21.5 Å². The van der Waals surface area contributed by atoms with Crippen molar-refractivity contribution in [3.63, 3.8) is 0 Å². The summed E-state index contributed by atoms with van der Waals surface area (Å²) in [5.74, 6) is -0.923. The Bertz CT molecular complexity index is 743. The lowest BCUT2D eigenvalue weighted by Gasteiger charge is -2.31. The van der Waals surface area contributed by atoms with Gasteiger partial charge in [0.15, 0.2) is 5.78 Å². The van der Waals surface area contributed by atoms with E-state index in [1.807, 2.05) is 12.1 Å². The largest absolute Gasteiger partial charge is 0.328 e. The number of amides is 1. The third-order valence-electron chi connectivity index (χ3n) is 3.42. The summed E-state index contributed by atoms with van der Waals surface area (Å²) in [4.78, 5) is 24.7. The van der Waals surface area contributed by atoms with Crippen molar-refractivity contribution in [3.05, 3.63) is 53.8 Å². The predicted molar refractivity (Wildman–Crippen MR) is 78.5 cm³/mol. The topological polar surface area (TPSA) is 49.4 Å². The molecule has 0 aliphatic carbocycles. The number of carbonyl (C=O) groups excluding carboxylic acids is 2. The van der Waals surface area contributed by atoms with E-state index < -0.39 is 5.82 Å². The molecule has 0 fully saturated rings. The number of halogens is 1. The molecule has 0 atom stereocenters. The molecule has 1 aliphatic heterocycles. The second-order valence-corrected chi connectivity index (χ2v) is 4.87. The Hall–Kier alpha value is -2.69. The van der Waals surface area contributed by atoms with E-state index >= 15 is 0 Å². The van der Waals surface area contributed by atoms with Crippen LogP contribution < -0.4 is 10.2 Å². The average molecular weight is 284 g/mol. The van der Waals surface area contributed by atoms with Gasteiger partial charge in [0.2, 0.25) is 5.91 Å². The molecule has 1 N–H and O–H groups in total. The highest BCUT2D eigenvalue weighted by Crippen LogP contribution is 2.36. The van der Waals surface area contributed by atoms with Crippen molar-refractivity contribution >= 4 is 28.8 Å². The normalized spacial score (nSPS) is 13.6. The molecule has 0 aromatic heterocycles. The number of carbonyl (C=O) groups is 2. The zero-order valence-electron chi connectivity index (χ0n) is 11.4. The van der Waals surface area contributed by atoms with E-state index in [1.165, 1.54) is 19.1 Å². The summed E-state index contributed by atoms with van der Waals surface area (Å²) in [7, 11) is 0. The van der Waals surface area contributed by atoms with E-state index in [0.717, 1.165) is 5.69 Å². The van der Waals surface area contributed by atoms with E-state index in [-0.39, 0.29) is 23.9 Å². The molecule has 0 saturated heterocycles. The van der Waals surface area contributed by atoms with Crippen LogP contribution in [0.15, 0.2) is 42.5 Å². The molecule has 0 unspecified atom stereocenters. The van der Waals surface area contributed by atoms with Gasteiger partial charge in [0.1, 0.15) is 12.4 Å². The maximum atomic E-state index is 14.3. The first-order chi connectivity index (χ1) is 10.1. The Labute approximate surface area is 121 Å². The molecular formula is C16H13FN2O2. The lowest BCUT2D eigenvalue weighted by Crippen LogP contribution is -2.35. The summed E-state index contributed by atoms with van der Waals surface area (Å²) >= 11 is 0. The molecular weight excluding hydrogens is 271 g/mol. The average Bonchev–Trinajstić information content (AvgIpc) is 2.46. The van der Waals surface area contributed by atoms with E-state index in [2.05, 4.69) is 5.32 Å². The van der Waals surface area contributed by atoms with Crippen molar-refractivity contribution in [2.24, 2.45) is 0 Å². The molecule has 5 heteroatoms. The van der Waals surface area contributed by atoms with Gasteiger partial charge >= 0.3 is 0 Å². The fourth-order valence-electron chi connectivity index (χ4n) is 2.39. The highest BCUT2D eigenvalue weighted by molar-refractivity contribution is 6.03. The van der Waals surface area contributed by atoms with Crippen LogP contribution in [0.3, 0.4) is 0 Å². The third kappa shape index (κ3) is 2.38. The number of para-hydroxylation sites is 2. The van der Waals surface area contributed by atoms with Crippen molar-refractivity contribution in [2.75, 3.05) is 16.8 Å². The van der Waals surface area contributed by atoms with Gasteiger partial charge in [-0.05, 0) is 37.3 Å². The number of hydrogen-bond acceptors (Lipinski definition) is 3. The Morgan fingerprint density at radius 2 is 1.95 bits per heavy atom. The Kier molecular flexibility index (Phi) is 3.17. The third-order valence-corrected chi connectivity index (χ3v) is 3.42. The van der Waals surface area contributed by atoms with Crippen LogP contribution in [0.25, 0.3) is 0 Å². The van der Waals surface area contributed by atoms with E-state index in [0.29, 0.717) is 11.3 Å². The van der Waals surface area contributed by atoms with Gasteiger partial charge in [0, 0.05) is 5.56 Å². The van der Waals surface area contributed by atoms with Crippen LogP contribution in [0, 0.1) is 5.82 Å². The van der Waals surface area contributed by atoms with Crippen molar-refractivity contribution < 1.29 is 14.0 Å². The summed E-state index contributed by atoms with van der Waals surface area (Å²) in [5.41, 5.74) is 1.96. The number of Topliss-reactive ketones (excluding diaryl/α,β-unsaturated/α-hetero) is 1. The molecule has 106 valence electrons. The number of fused-ring (bicyclic) bond motifs is 1. The minimum atomic E-state index is -0.521. The van der Waals surface area contributed by atoms with Gasteiger partial charge in [-0.25, -0.2) is 4.39 Å². The zero-order valence-corrected chi connectivity index (χ0v) is 11.4. The summed E-state index contributed by atoms with van der Waals surface area (Å²) in [6, 6.07) is 11.5. The van der Waals surface area contributed by atoms with Gasteiger partial charge in [-0.3, -0.25) is 9.59 Å². The van der Waals surface area contributed by atoms with Crippen molar-refractivity contribution in [3.8, 4) is 0 Å². The van der Waals surface area contributed by atoms with Gasteiger partial charge < -0.3 is 10.2 Å². The molecule has 1 amide bonds.